The highest BCUT2D eigenvalue weighted by Crippen LogP contribution is 2.38. The Morgan fingerprint density at radius 2 is 1.95 bits per heavy atom. The van der Waals surface area contributed by atoms with Crippen molar-refractivity contribution in [2.45, 2.75) is 13.1 Å². The molecule has 1 N–H and O–H groups in total. The summed E-state index contributed by atoms with van der Waals surface area (Å²) in [5.74, 6) is 0.0977. The maximum absolute atomic E-state index is 12.9. The first kappa shape index (κ1) is 14.3. The van der Waals surface area contributed by atoms with Crippen molar-refractivity contribution in [3.05, 3.63) is 35.7 Å². The predicted molar refractivity (Wildman–Crippen MR) is 73.4 cm³/mol. The molecule has 2 heterocycles. The standard InChI is InChI=1S/C14H11F3N4O/c1-7-3-8(14(15,16)17)4-11(22-2)12(7)9-5-18-10-6-19-21-13(10)20-9/h3-6H,1-2H3,(H,19,20,21). The number of H-pyrrole nitrogens is 1. The highest BCUT2D eigenvalue weighted by Gasteiger charge is 2.32. The zero-order chi connectivity index (χ0) is 15.9. The van der Waals surface area contributed by atoms with Crippen LogP contribution in [0.2, 0.25) is 0 Å². The topological polar surface area (TPSA) is 63.7 Å². The second-order valence-electron chi connectivity index (χ2n) is 4.73. The van der Waals surface area contributed by atoms with Crippen LogP contribution in [0, 0.1) is 6.92 Å². The monoisotopic (exact) mass is 308 g/mol. The number of methoxy groups -OCH3 is 1. The Bertz CT molecular complexity index is 842. The van der Waals surface area contributed by atoms with E-state index >= 15 is 0 Å². The summed E-state index contributed by atoms with van der Waals surface area (Å²) in [6.07, 6.45) is -1.44. The molecule has 0 unspecified atom stereocenters. The molecular formula is C14H11F3N4O. The lowest BCUT2D eigenvalue weighted by Crippen LogP contribution is -2.07. The van der Waals surface area contributed by atoms with Gasteiger partial charge >= 0.3 is 6.18 Å². The van der Waals surface area contributed by atoms with E-state index in [1.54, 1.807) is 6.92 Å². The predicted octanol–water partition coefficient (Wildman–Crippen LogP) is 3.36. The number of aromatic amines is 1. The van der Waals surface area contributed by atoms with Crippen molar-refractivity contribution in [3.8, 4) is 17.0 Å². The van der Waals surface area contributed by atoms with Gasteiger partial charge in [-0.1, -0.05) is 0 Å². The molecule has 0 fully saturated rings. The summed E-state index contributed by atoms with van der Waals surface area (Å²) in [5.41, 5.74) is 1.56. The van der Waals surface area contributed by atoms with Crippen LogP contribution in [0.5, 0.6) is 5.75 Å². The van der Waals surface area contributed by atoms with E-state index in [0.717, 1.165) is 12.1 Å². The van der Waals surface area contributed by atoms with Crippen LogP contribution in [-0.2, 0) is 6.18 Å². The molecule has 5 nitrogen and oxygen atoms in total. The molecule has 0 spiro atoms. The lowest BCUT2D eigenvalue weighted by Gasteiger charge is -2.15. The number of nitrogens with one attached hydrogen (secondary N) is 1. The fourth-order valence-electron chi connectivity index (χ4n) is 2.26. The third-order valence-corrected chi connectivity index (χ3v) is 3.26. The molecule has 0 bridgehead atoms. The number of benzene rings is 1. The van der Waals surface area contributed by atoms with E-state index in [1.165, 1.54) is 19.5 Å². The smallest absolute Gasteiger partial charge is 0.416 e. The van der Waals surface area contributed by atoms with Crippen LogP contribution in [-0.4, -0.2) is 27.3 Å². The first-order valence-corrected chi connectivity index (χ1v) is 6.32. The Labute approximate surface area is 123 Å². The fraction of sp³-hybridized carbons (Fsp3) is 0.214. The summed E-state index contributed by atoms with van der Waals surface area (Å²) >= 11 is 0. The molecule has 0 saturated heterocycles. The highest BCUT2D eigenvalue weighted by atomic mass is 19.4. The molecular weight excluding hydrogens is 297 g/mol. The number of halogens is 3. The van der Waals surface area contributed by atoms with Gasteiger partial charge in [0, 0.05) is 5.56 Å². The number of rotatable bonds is 2. The van der Waals surface area contributed by atoms with E-state index in [4.69, 9.17) is 4.74 Å². The Morgan fingerprint density at radius 3 is 2.64 bits per heavy atom. The Morgan fingerprint density at radius 1 is 1.18 bits per heavy atom. The average Bonchev–Trinajstić information content (AvgIpc) is 2.92. The van der Waals surface area contributed by atoms with Crippen LogP contribution < -0.4 is 4.74 Å². The Balaban J connectivity index is 2.21. The largest absolute Gasteiger partial charge is 0.496 e. The van der Waals surface area contributed by atoms with Crippen molar-refractivity contribution in [2.24, 2.45) is 0 Å². The number of fused-ring (bicyclic) bond motifs is 1. The SMILES string of the molecule is COc1cc(C(F)(F)F)cc(C)c1-c1cnc2cn[nH]c2n1. The number of alkyl halides is 3. The molecule has 0 aliphatic rings. The lowest BCUT2D eigenvalue weighted by molar-refractivity contribution is -0.137. The molecule has 8 heteroatoms. The normalized spacial score (nSPS) is 11.9. The summed E-state index contributed by atoms with van der Waals surface area (Å²) in [7, 11) is 1.32. The Hall–Kier alpha value is -2.64. The lowest BCUT2D eigenvalue weighted by atomic mass is 10.0. The van der Waals surface area contributed by atoms with Gasteiger partial charge in [0.05, 0.1) is 30.8 Å². The van der Waals surface area contributed by atoms with Gasteiger partial charge in [-0.25, -0.2) is 9.97 Å². The van der Waals surface area contributed by atoms with E-state index in [9.17, 15) is 13.2 Å². The van der Waals surface area contributed by atoms with E-state index in [1.807, 2.05) is 0 Å². The quantitative estimate of drug-likeness (QED) is 0.788. The molecule has 0 aliphatic carbocycles. The third kappa shape index (κ3) is 2.36. The first-order chi connectivity index (χ1) is 10.4. The molecule has 0 amide bonds. The molecule has 1 aromatic carbocycles. The van der Waals surface area contributed by atoms with E-state index < -0.39 is 11.7 Å². The second-order valence-corrected chi connectivity index (χ2v) is 4.73. The first-order valence-electron chi connectivity index (χ1n) is 6.32. The molecule has 0 atom stereocenters. The van der Waals surface area contributed by atoms with Gasteiger partial charge in [-0.05, 0) is 24.6 Å². The number of aromatic nitrogens is 4. The van der Waals surface area contributed by atoms with Gasteiger partial charge in [-0.15, -0.1) is 0 Å². The molecule has 0 aliphatic heterocycles. The minimum absolute atomic E-state index is 0.0977. The van der Waals surface area contributed by atoms with Gasteiger partial charge in [-0.2, -0.15) is 18.3 Å². The van der Waals surface area contributed by atoms with Gasteiger partial charge in [0.15, 0.2) is 5.65 Å². The van der Waals surface area contributed by atoms with Gasteiger partial charge in [0.1, 0.15) is 11.3 Å². The molecule has 2 aromatic heterocycles. The van der Waals surface area contributed by atoms with Gasteiger partial charge in [0.25, 0.3) is 0 Å². The van der Waals surface area contributed by atoms with Crippen molar-refractivity contribution >= 4 is 11.2 Å². The zero-order valence-electron chi connectivity index (χ0n) is 11.7. The zero-order valence-corrected chi connectivity index (χ0v) is 11.7. The van der Waals surface area contributed by atoms with Crippen molar-refractivity contribution in [1.82, 2.24) is 20.2 Å². The van der Waals surface area contributed by atoms with Crippen LogP contribution in [0.3, 0.4) is 0 Å². The molecule has 0 radical (unpaired) electrons. The number of hydrogen-bond donors (Lipinski definition) is 1. The second kappa shape index (κ2) is 4.97. The minimum Gasteiger partial charge on any atom is -0.496 e. The van der Waals surface area contributed by atoms with Gasteiger partial charge in [-0.3, -0.25) is 5.10 Å². The average molecular weight is 308 g/mol. The summed E-state index contributed by atoms with van der Waals surface area (Å²) in [5, 5.41) is 6.50. The van der Waals surface area contributed by atoms with Crippen molar-refractivity contribution in [2.75, 3.05) is 7.11 Å². The summed E-state index contributed by atoms with van der Waals surface area (Å²) in [6, 6.07) is 2.03. The van der Waals surface area contributed by atoms with Crippen LogP contribution >= 0.6 is 0 Å². The van der Waals surface area contributed by atoms with Gasteiger partial charge in [0.2, 0.25) is 0 Å². The number of nitrogens with zero attached hydrogens (tertiary/aromatic N) is 3. The maximum Gasteiger partial charge on any atom is 0.416 e. The van der Waals surface area contributed by atoms with Crippen LogP contribution in [0.15, 0.2) is 24.5 Å². The molecule has 3 rings (SSSR count). The summed E-state index contributed by atoms with van der Waals surface area (Å²) in [6.45, 7) is 1.58. The Kier molecular flexibility index (Phi) is 3.23. The van der Waals surface area contributed by atoms with Crippen molar-refractivity contribution < 1.29 is 17.9 Å². The number of hydrogen-bond acceptors (Lipinski definition) is 4. The molecule has 0 saturated carbocycles. The summed E-state index contributed by atoms with van der Waals surface area (Å²) < 4.78 is 43.8. The molecule has 22 heavy (non-hydrogen) atoms. The van der Waals surface area contributed by atoms with Crippen LogP contribution in [0.25, 0.3) is 22.4 Å². The minimum atomic E-state index is -4.43. The van der Waals surface area contributed by atoms with Gasteiger partial charge < -0.3 is 4.74 Å². The number of ether oxygens (including phenoxy) is 1. The fourth-order valence-corrected chi connectivity index (χ4v) is 2.26. The van der Waals surface area contributed by atoms with Crippen LogP contribution in [0.4, 0.5) is 13.2 Å². The van der Waals surface area contributed by atoms with Crippen molar-refractivity contribution in [3.63, 3.8) is 0 Å². The van der Waals surface area contributed by atoms with Crippen molar-refractivity contribution in [1.29, 1.82) is 0 Å². The molecule has 3 aromatic rings. The van der Waals surface area contributed by atoms with Crippen LogP contribution in [0.1, 0.15) is 11.1 Å². The third-order valence-electron chi connectivity index (χ3n) is 3.26. The summed E-state index contributed by atoms with van der Waals surface area (Å²) in [4.78, 5) is 8.50. The molecule has 114 valence electrons. The van der Waals surface area contributed by atoms with E-state index in [-0.39, 0.29) is 5.75 Å². The highest BCUT2D eigenvalue weighted by molar-refractivity contribution is 5.77. The van der Waals surface area contributed by atoms with E-state index in [0.29, 0.717) is 28.0 Å². The van der Waals surface area contributed by atoms with E-state index in [2.05, 4.69) is 20.2 Å². The number of aryl methyl sites for hydroxylation is 1. The maximum atomic E-state index is 12.9.